The summed E-state index contributed by atoms with van der Waals surface area (Å²) >= 11 is 0. The van der Waals surface area contributed by atoms with Crippen LogP contribution in [0.3, 0.4) is 0 Å². The van der Waals surface area contributed by atoms with Crippen LogP contribution in [0.5, 0.6) is 0 Å². The van der Waals surface area contributed by atoms with Gasteiger partial charge in [-0.15, -0.1) is 0 Å². The highest BCUT2D eigenvalue weighted by atomic mass is 16.2. The minimum atomic E-state index is 0.159. The summed E-state index contributed by atoms with van der Waals surface area (Å²) in [7, 11) is 0. The predicted octanol–water partition coefficient (Wildman–Crippen LogP) is 3.91. The van der Waals surface area contributed by atoms with Crippen molar-refractivity contribution in [3.63, 3.8) is 0 Å². The Labute approximate surface area is 161 Å². The lowest BCUT2D eigenvalue weighted by Gasteiger charge is -2.17. The molecule has 0 bridgehead atoms. The monoisotopic (exact) mass is 364 g/mol. The fraction of sp³-hybridized carbons (Fsp3) is 0.364. The molecule has 142 valence electrons. The molecule has 0 aromatic heterocycles. The Morgan fingerprint density at radius 1 is 1.22 bits per heavy atom. The van der Waals surface area contributed by atoms with Crippen LogP contribution in [0.25, 0.3) is 0 Å². The molecule has 3 N–H and O–H groups in total. The second-order valence-corrected chi connectivity index (χ2v) is 7.20. The maximum Gasteiger partial charge on any atom is 0.227 e. The van der Waals surface area contributed by atoms with Crippen LogP contribution >= 0.6 is 0 Å². The van der Waals surface area contributed by atoms with E-state index in [-0.39, 0.29) is 5.91 Å². The van der Waals surface area contributed by atoms with Gasteiger partial charge >= 0.3 is 0 Å². The third-order valence-corrected chi connectivity index (χ3v) is 4.84. The normalized spacial score (nSPS) is 13.7. The lowest BCUT2D eigenvalue weighted by Crippen LogP contribution is -2.28. The summed E-state index contributed by atoms with van der Waals surface area (Å²) < 4.78 is 0. The van der Waals surface area contributed by atoms with E-state index in [0.717, 1.165) is 24.3 Å². The highest BCUT2D eigenvalue weighted by molar-refractivity contribution is 5.95. The molecular formula is C22H28N4O. The van der Waals surface area contributed by atoms with E-state index in [9.17, 15) is 4.79 Å². The third-order valence-electron chi connectivity index (χ3n) is 4.84. The standard InChI is InChI=1S/C22H28N4O/c1-16(2)18-8-5-9-19(15-18)25-22(23)24-13-6-11-21(27)26-14-12-17-7-3-4-10-20(17)26/h3-5,7-10,15-16H,6,11-14H2,1-2H3,(H3,23,24,25). The second-order valence-electron chi connectivity index (χ2n) is 7.20. The van der Waals surface area contributed by atoms with Crippen LogP contribution in [0.1, 0.15) is 43.7 Å². The van der Waals surface area contributed by atoms with Crippen LogP contribution in [0.2, 0.25) is 0 Å². The molecule has 2 aromatic carbocycles. The van der Waals surface area contributed by atoms with Gasteiger partial charge in [0.05, 0.1) is 0 Å². The number of hydrogen-bond acceptors (Lipinski definition) is 2. The molecule has 0 unspecified atom stereocenters. The molecule has 0 aliphatic carbocycles. The molecule has 1 amide bonds. The van der Waals surface area contributed by atoms with Gasteiger partial charge in [0.1, 0.15) is 0 Å². The molecule has 5 nitrogen and oxygen atoms in total. The van der Waals surface area contributed by atoms with Crippen molar-refractivity contribution in [2.24, 2.45) is 10.7 Å². The Morgan fingerprint density at radius 3 is 2.85 bits per heavy atom. The van der Waals surface area contributed by atoms with Gasteiger partial charge < -0.3 is 16.0 Å². The number of anilines is 2. The molecule has 0 saturated heterocycles. The van der Waals surface area contributed by atoms with Crippen LogP contribution < -0.4 is 16.0 Å². The summed E-state index contributed by atoms with van der Waals surface area (Å²) in [5, 5.41) is 3.13. The fourth-order valence-corrected chi connectivity index (χ4v) is 3.33. The molecule has 3 rings (SSSR count). The Kier molecular flexibility index (Phi) is 6.12. The fourth-order valence-electron chi connectivity index (χ4n) is 3.33. The van der Waals surface area contributed by atoms with Crippen molar-refractivity contribution >= 4 is 23.2 Å². The van der Waals surface area contributed by atoms with Crippen molar-refractivity contribution in [1.82, 2.24) is 0 Å². The third kappa shape index (κ3) is 4.88. The van der Waals surface area contributed by atoms with Crippen LogP contribution in [0, 0.1) is 0 Å². The number of carbonyl (C=O) groups is 1. The van der Waals surface area contributed by atoms with Gasteiger partial charge in [-0.3, -0.25) is 9.79 Å². The van der Waals surface area contributed by atoms with Crippen LogP contribution in [0.15, 0.2) is 53.5 Å². The van der Waals surface area contributed by atoms with Crippen molar-refractivity contribution in [3.8, 4) is 0 Å². The van der Waals surface area contributed by atoms with Crippen molar-refractivity contribution < 1.29 is 4.79 Å². The number of fused-ring (bicyclic) bond motifs is 1. The Bertz CT molecular complexity index is 829. The molecule has 2 aromatic rings. The zero-order valence-electron chi connectivity index (χ0n) is 16.1. The SMILES string of the molecule is CC(C)c1cccc(NC(N)=NCCCC(=O)N2CCc3ccccc32)c1. The van der Waals surface area contributed by atoms with E-state index in [1.165, 1.54) is 11.1 Å². The van der Waals surface area contributed by atoms with Gasteiger partial charge in [-0.25, -0.2) is 0 Å². The van der Waals surface area contributed by atoms with E-state index >= 15 is 0 Å². The van der Waals surface area contributed by atoms with Crippen molar-refractivity contribution in [3.05, 3.63) is 59.7 Å². The molecule has 27 heavy (non-hydrogen) atoms. The Morgan fingerprint density at radius 2 is 2.04 bits per heavy atom. The Balaban J connectivity index is 1.47. The highest BCUT2D eigenvalue weighted by Gasteiger charge is 2.23. The topological polar surface area (TPSA) is 70.7 Å². The Hall–Kier alpha value is -2.82. The van der Waals surface area contributed by atoms with E-state index in [1.807, 2.05) is 35.2 Å². The second kappa shape index (κ2) is 8.71. The number of nitrogens with two attached hydrogens (primary N) is 1. The first-order valence-electron chi connectivity index (χ1n) is 9.60. The van der Waals surface area contributed by atoms with E-state index in [4.69, 9.17) is 5.73 Å². The summed E-state index contributed by atoms with van der Waals surface area (Å²) in [4.78, 5) is 18.7. The minimum Gasteiger partial charge on any atom is -0.370 e. The van der Waals surface area contributed by atoms with Gasteiger partial charge in [0.2, 0.25) is 5.91 Å². The number of para-hydroxylation sites is 1. The van der Waals surface area contributed by atoms with E-state index in [0.29, 0.717) is 31.3 Å². The molecule has 0 fully saturated rings. The first-order valence-corrected chi connectivity index (χ1v) is 9.60. The lowest BCUT2D eigenvalue weighted by molar-refractivity contribution is -0.118. The van der Waals surface area contributed by atoms with Gasteiger partial charge in [0.25, 0.3) is 0 Å². The van der Waals surface area contributed by atoms with Crippen LogP contribution in [-0.4, -0.2) is 25.0 Å². The zero-order chi connectivity index (χ0) is 19.2. The average molecular weight is 364 g/mol. The first-order chi connectivity index (χ1) is 13.0. The predicted molar refractivity (Wildman–Crippen MR) is 112 cm³/mol. The molecule has 5 heteroatoms. The molecule has 1 aliphatic rings. The summed E-state index contributed by atoms with van der Waals surface area (Å²) in [6, 6.07) is 16.3. The number of aliphatic imine (C=N–C) groups is 1. The number of amides is 1. The van der Waals surface area contributed by atoms with E-state index < -0.39 is 0 Å². The summed E-state index contributed by atoms with van der Waals surface area (Å²) in [6.45, 7) is 5.62. The number of rotatable bonds is 6. The molecular weight excluding hydrogens is 336 g/mol. The smallest absolute Gasteiger partial charge is 0.227 e. The maximum atomic E-state index is 12.5. The number of nitrogens with one attached hydrogen (secondary N) is 1. The molecule has 0 atom stereocenters. The molecule has 1 heterocycles. The van der Waals surface area contributed by atoms with Crippen molar-refractivity contribution in [1.29, 1.82) is 0 Å². The van der Waals surface area contributed by atoms with Gasteiger partial charge in [-0.1, -0.05) is 44.2 Å². The molecule has 0 saturated carbocycles. The largest absolute Gasteiger partial charge is 0.370 e. The summed E-state index contributed by atoms with van der Waals surface area (Å²) in [5.74, 6) is 1.01. The number of carbonyl (C=O) groups excluding carboxylic acids is 1. The number of nitrogens with zero attached hydrogens (tertiary/aromatic N) is 2. The van der Waals surface area contributed by atoms with Gasteiger partial charge in [0.15, 0.2) is 5.96 Å². The number of guanidine groups is 1. The van der Waals surface area contributed by atoms with E-state index in [2.05, 4.69) is 42.4 Å². The quantitative estimate of drug-likeness (QED) is 0.464. The van der Waals surface area contributed by atoms with Gasteiger partial charge in [-0.2, -0.15) is 0 Å². The van der Waals surface area contributed by atoms with Crippen molar-refractivity contribution in [2.45, 2.75) is 39.0 Å². The molecule has 0 spiro atoms. The molecule has 1 aliphatic heterocycles. The van der Waals surface area contributed by atoms with E-state index in [1.54, 1.807) is 0 Å². The number of benzene rings is 2. The molecule has 0 radical (unpaired) electrons. The summed E-state index contributed by atoms with van der Waals surface area (Å²) in [5.41, 5.74) is 10.5. The minimum absolute atomic E-state index is 0.159. The summed E-state index contributed by atoms with van der Waals surface area (Å²) in [6.07, 6.45) is 2.10. The zero-order valence-corrected chi connectivity index (χ0v) is 16.1. The highest BCUT2D eigenvalue weighted by Crippen LogP contribution is 2.28. The lowest BCUT2D eigenvalue weighted by atomic mass is 10.0. The van der Waals surface area contributed by atoms with Gasteiger partial charge in [-0.05, 0) is 48.1 Å². The number of hydrogen-bond donors (Lipinski definition) is 2. The maximum absolute atomic E-state index is 12.5. The van der Waals surface area contributed by atoms with Gasteiger partial charge in [0, 0.05) is 30.9 Å². The van der Waals surface area contributed by atoms with Crippen LogP contribution in [-0.2, 0) is 11.2 Å². The first kappa shape index (κ1) is 19.0. The van der Waals surface area contributed by atoms with Crippen LogP contribution in [0.4, 0.5) is 11.4 Å². The average Bonchev–Trinajstić information content (AvgIpc) is 3.09. The van der Waals surface area contributed by atoms with Crippen molar-refractivity contribution in [2.75, 3.05) is 23.3 Å².